The van der Waals surface area contributed by atoms with E-state index in [2.05, 4.69) is 39.8 Å². The molecule has 2 amide bonds. The number of carbonyl (C=O) groups excluding carboxylic acids is 1. The Morgan fingerprint density at radius 1 is 1.09 bits per heavy atom. The number of aromatic nitrogens is 2. The summed E-state index contributed by atoms with van der Waals surface area (Å²) < 4.78 is 19.0. The van der Waals surface area contributed by atoms with Crippen LogP contribution in [0.3, 0.4) is 0 Å². The summed E-state index contributed by atoms with van der Waals surface area (Å²) in [6, 6.07) is 18.9. The van der Waals surface area contributed by atoms with Crippen LogP contribution in [0.1, 0.15) is 43.4 Å². The molecule has 4 rings (SSSR count). The molecule has 0 radical (unpaired) electrons. The Morgan fingerprint density at radius 3 is 2.66 bits per heavy atom. The van der Waals surface area contributed by atoms with Gasteiger partial charge in [0.1, 0.15) is 5.82 Å². The van der Waals surface area contributed by atoms with Gasteiger partial charge < -0.3 is 15.0 Å². The van der Waals surface area contributed by atoms with Crippen LogP contribution in [0.15, 0.2) is 60.7 Å². The molecule has 6 nitrogen and oxygen atoms in total. The van der Waals surface area contributed by atoms with Gasteiger partial charge in [-0.3, -0.25) is 5.10 Å². The molecule has 0 atom stereocenters. The number of nitrogens with zero attached hydrogens (tertiary/aromatic N) is 2. The van der Waals surface area contributed by atoms with Gasteiger partial charge in [-0.2, -0.15) is 5.10 Å². The van der Waals surface area contributed by atoms with Crippen molar-refractivity contribution in [3.8, 4) is 11.3 Å². The van der Waals surface area contributed by atoms with E-state index in [1.807, 2.05) is 25.2 Å². The lowest BCUT2D eigenvalue weighted by molar-refractivity contribution is 0.0502. The lowest BCUT2D eigenvalue weighted by Crippen LogP contribution is -2.47. The fourth-order valence-corrected chi connectivity index (χ4v) is 4.73. The van der Waals surface area contributed by atoms with Gasteiger partial charge in [-0.15, -0.1) is 0 Å². The van der Waals surface area contributed by atoms with Crippen molar-refractivity contribution in [2.24, 2.45) is 0 Å². The third kappa shape index (κ3) is 6.69. The van der Waals surface area contributed by atoms with Gasteiger partial charge in [-0.1, -0.05) is 48.9 Å². The van der Waals surface area contributed by atoms with Crippen molar-refractivity contribution in [3.05, 3.63) is 77.7 Å². The van der Waals surface area contributed by atoms with Crippen molar-refractivity contribution in [1.82, 2.24) is 20.4 Å². The van der Waals surface area contributed by atoms with Crippen LogP contribution >= 0.6 is 0 Å². The van der Waals surface area contributed by atoms with Crippen LogP contribution in [0.4, 0.5) is 9.18 Å². The Bertz CT molecular complexity index is 1080. The predicted octanol–water partition coefficient (Wildman–Crippen LogP) is 5.32. The fraction of sp³-hybridized carbons (Fsp3) is 0.429. The van der Waals surface area contributed by atoms with E-state index in [1.54, 1.807) is 11.0 Å². The van der Waals surface area contributed by atoms with Gasteiger partial charge in [0.2, 0.25) is 0 Å². The number of aromatic amines is 1. The summed E-state index contributed by atoms with van der Waals surface area (Å²) in [5.74, 6) is -0.261. The normalized spacial score (nSPS) is 15.0. The number of rotatable bonds is 10. The summed E-state index contributed by atoms with van der Waals surface area (Å²) in [7, 11) is 1.86. The van der Waals surface area contributed by atoms with Gasteiger partial charge in [0, 0.05) is 50.0 Å². The Labute approximate surface area is 206 Å². The van der Waals surface area contributed by atoms with E-state index in [0.717, 1.165) is 68.7 Å². The maximum atomic E-state index is 13.4. The number of amides is 2. The van der Waals surface area contributed by atoms with E-state index < -0.39 is 0 Å². The quantitative estimate of drug-likeness (QED) is 0.388. The van der Waals surface area contributed by atoms with Crippen molar-refractivity contribution < 1.29 is 13.9 Å². The number of H-pyrrole nitrogens is 1. The van der Waals surface area contributed by atoms with Crippen LogP contribution < -0.4 is 5.32 Å². The number of ether oxygens (including phenoxy) is 1. The van der Waals surface area contributed by atoms with E-state index in [0.29, 0.717) is 13.1 Å². The maximum absolute atomic E-state index is 13.4. The minimum Gasteiger partial charge on any atom is -0.381 e. The van der Waals surface area contributed by atoms with Crippen molar-refractivity contribution in [1.29, 1.82) is 0 Å². The van der Waals surface area contributed by atoms with Crippen LogP contribution in [0.25, 0.3) is 11.3 Å². The second kappa shape index (κ2) is 12.0. The molecule has 2 aromatic carbocycles. The number of unbranched alkanes of at least 4 members (excludes halogenated alkanes) is 2. The van der Waals surface area contributed by atoms with E-state index in [1.165, 1.54) is 17.7 Å². The highest BCUT2D eigenvalue weighted by molar-refractivity contribution is 5.74. The van der Waals surface area contributed by atoms with Crippen molar-refractivity contribution in [3.63, 3.8) is 0 Å². The van der Waals surface area contributed by atoms with Crippen LogP contribution in [0, 0.1) is 5.82 Å². The van der Waals surface area contributed by atoms with Crippen molar-refractivity contribution in [2.45, 2.75) is 43.9 Å². The molecule has 2 N–H and O–H groups in total. The summed E-state index contributed by atoms with van der Waals surface area (Å²) in [5, 5.41) is 10.5. The number of halogens is 1. The first kappa shape index (κ1) is 24.9. The van der Waals surface area contributed by atoms with Crippen LogP contribution in [0.5, 0.6) is 0 Å². The second-order valence-electron chi connectivity index (χ2n) is 9.44. The van der Waals surface area contributed by atoms with Crippen molar-refractivity contribution >= 4 is 6.03 Å². The summed E-state index contributed by atoms with van der Waals surface area (Å²) in [5.41, 5.74) is 3.78. The minimum absolute atomic E-state index is 0.0277. The molecule has 1 aromatic heterocycles. The third-order valence-corrected chi connectivity index (χ3v) is 6.95. The van der Waals surface area contributed by atoms with Gasteiger partial charge >= 0.3 is 6.03 Å². The Hall–Kier alpha value is -3.19. The highest BCUT2D eigenvalue weighted by atomic mass is 19.1. The Morgan fingerprint density at radius 2 is 1.89 bits per heavy atom. The zero-order valence-corrected chi connectivity index (χ0v) is 20.4. The number of hydrogen-bond acceptors (Lipinski definition) is 3. The first-order chi connectivity index (χ1) is 17.1. The molecular formula is C28H35FN4O2. The first-order valence-electron chi connectivity index (χ1n) is 12.5. The SMILES string of the molecule is CN(CCCCCc1cc(-c2cccc(F)c2)n[nH]1)C(=O)NCC1(c2ccccc2)CCOCC1. The summed E-state index contributed by atoms with van der Waals surface area (Å²) >= 11 is 0. The molecule has 1 aliphatic rings. The standard InChI is InChI=1S/C28H35FN4O2/c1-33(27(34)30-21-28(14-17-35-18-15-28)23-10-4-2-5-11-23)16-7-3-6-13-25-20-26(32-31-25)22-9-8-12-24(29)19-22/h2,4-5,8-12,19-20H,3,6-7,13-18,21H2,1H3,(H,30,34)(H,31,32). The number of hydrogen-bond donors (Lipinski definition) is 2. The largest absolute Gasteiger partial charge is 0.381 e. The number of carbonyl (C=O) groups is 1. The Balaban J connectivity index is 1.18. The highest BCUT2D eigenvalue weighted by Gasteiger charge is 2.34. The molecule has 7 heteroatoms. The van der Waals surface area contributed by atoms with Gasteiger partial charge in [-0.05, 0) is 55.9 Å². The van der Waals surface area contributed by atoms with Crippen molar-refractivity contribution in [2.75, 3.05) is 33.4 Å². The van der Waals surface area contributed by atoms with E-state index in [9.17, 15) is 9.18 Å². The van der Waals surface area contributed by atoms with Crippen LogP contribution in [-0.2, 0) is 16.6 Å². The smallest absolute Gasteiger partial charge is 0.317 e. The molecule has 0 spiro atoms. The summed E-state index contributed by atoms with van der Waals surface area (Å²) in [6.45, 7) is 2.78. The molecule has 0 saturated carbocycles. The fourth-order valence-electron chi connectivity index (χ4n) is 4.73. The molecule has 1 saturated heterocycles. The second-order valence-corrected chi connectivity index (χ2v) is 9.44. The molecular weight excluding hydrogens is 443 g/mol. The first-order valence-corrected chi connectivity index (χ1v) is 12.5. The molecule has 2 heterocycles. The van der Waals surface area contributed by atoms with E-state index in [4.69, 9.17) is 4.74 Å². The molecule has 35 heavy (non-hydrogen) atoms. The molecule has 0 aliphatic carbocycles. The molecule has 186 valence electrons. The molecule has 0 unspecified atom stereocenters. The lowest BCUT2D eigenvalue weighted by Gasteiger charge is -2.38. The minimum atomic E-state index is -0.261. The molecule has 0 bridgehead atoms. The van der Waals surface area contributed by atoms with Gasteiger partial charge in [0.25, 0.3) is 0 Å². The number of urea groups is 1. The van der Waals surface area contributed by atoms with Crippen LogP contribution in [0.2, 0.25) is 0 Å². The van der Waals surface area contributed by atoms with Gasteiger partial charge in [0.05, 0.1) is 5.69 Å². The monoisotopic (exact) mass is 478 g/mol. The number of aryl methyl sites for hydroxylation is 1. The molecule has 1 fully saturated rings. The zero-order valence-electron chi connectivity index (χ0n) is 20.4. The average Bonchev–Trinajstić information content (AvgIpc) is 3.37. The third-order valence-electron chi connectivity index (χ3n) is 6.95. The maximum Gasteiger partial charge on any atom is 0.317 e. The Kier molecular flexibility index (Phi) is 8.53. The molecule has 3 aromatic rings. The van der Waals surface area contributed by atoms with Gasteiger partial charge in [0.15, 0.2) is 0 Å². The predicted molar refractivity (Wildman–Crippen MR) is 136 cm³/mol. The summed E-state index contributed by atoms with van der Waals surface area (Å²) in [4.78, 5) is 14.5. The average molecular weight is 479 g/mol. The number of nitrogens with one attached hydrogen (secondary N) is 2. The van der Waals surface area contributed by atoms with E-state index >= 15 is 0 Å². The highest BCUT2D eigenvalue weighted by Crippen LogP contribution is 2.34. The lowest BCUT2D eigenvalue weighted by atomic mass is 9.74. The van der Waals surface area contributed by atoms with Crippen LogP contribution in [-0.4, -0.2) is 54.5 Å². The van der Waals surface area contributed by atoms with E-state index in [-0.39, 0.29) is 17.3 Å². The topological polar surface area (TPSA) is 70.2 Å². The molecule has 1 aliphatic heterocycles. The number of benzene rings is 2. The van der Waals surface area contributed by atoms with Gasteiger partial charge in [-0.25, -0.2) is 9.18 Å². The summed E-state index contributed by atoms with van der Waals surface area (Å²) in [6.07, 6.45) is 5.64. The zero-order chi connectivity index (χ0) is 24.5.